The highest BCUT2D eigenvalue weighted by Gasteiger charge is 2.10. The molecule has 0 fully saturated rings. The minimum absolute atomic E-state index is 0.0777. The molecule has 1 aromatic carbocycles. The molecule has 0 radical (unpaired) electrons. The Labute approximate surface area is 99.3 Å². The fraction of sp³-hybridized carbons (Fsp3) is 0.250. The zero-order valence-electron chi connectivity index (χ0n) is 9.24. The third-order valence-electron chi connectivity index (χ3n) is 2.76. The van der Waals surface area contributed by atoms with Gasteiger partial charge in [-0.2, -0.15) is 0 Å². The summed E-state index contributed by atoms with van der Waals surface area (Å²) in [6.45, 7) is 3.87. The van der Waals surface area contributed by atoms with Crippen LogP contribution in [0.15, 0.2) is 24.5 Å². The fourth-order valence-corrected chi connectivity index (χ4v) is 1.90. The Balaban J connectivity index is 2.64. The van der Waals surface area contributed by atoms with Gasteiger partial charge in [0, 0.05) is 16.3 Å². The minimum atomic E-state index is -0.0777. The lowest BCUT2D eigenvalue weighted by molar-refractivity contribution is 0.281. The lowest BCUT2D eigenvalue weighted by atomic mass is 10.2. The number of imidazole rings is 1. The number of hydrogen-bond donors (Lipinski definition) is 1. The van der Waals surface area contributed by atoms with Gasteiger partial charge in [-0.05, 0) is 26.0 Å². The second-order valence-corrected chi connectivity index (χ2v) is 4.09. The summed E-state index contributed by atoms with van der Waals surface area (Å²) in [6.07, 6.45) is 1.75. The number of nitrogens with zero attached hydrogens (tertiary/aromatic N) is 2. The van der Waals surface area contributed by atoms with E-state index in [0.717, 1.165) is 22.6 Å². The topological polar surface area (TPSA) is 38.0 Å². The summed E-state index contributed by atoms with van der Waals surface area (Å²) in [5.41, 5.74) is 3.64. The molecule has 0 amide bonds. The molecule has 1 heterocycles. The summed E-state index contributed by atoms with van der Waals surface area (Å²) in [7, 11) is 0. The fourth-order valence-electron chi connectivity index (χ4n) is 1.67. The lowest BCUT2D eigenvalue weighted by Gasteiger charge is -2.11. The summed E-state index contributed by atoms with van der Waals surface area (Å²) >= 11 is 6.04. The average molecular weight is 237 g/mol. The zero-order chi connectivity index (χ0) is 11.7. The van der Waals surface area contributed by atoms with Crippen LogP contribution in [0.25, 0.3) is 5.69 Å². The maximum absolute atomic E-state index is 9.34. The molecule has 1 aromatic heterocycles. The highest BCUT2D eigenvalue weighted by atomic mass is 35.5. The van der Waals surface area contributed by atoms with Crippen molar-refractivity contribution in [3.63, 3.8) is 0 Å². The van der Waals surface area contributed by atoms with Gasteiger partial charge in [0.15, 0.2) is 0 Å². The first-order chi connectivity index (χ1) is 7.65. The van der Waals surface area contributed by atoms with Gasteiger partial charge in [0.2, 0.25) is 0 Å². The maximum Gasteiger partial charge on any atom is 0.0997 e. The molecule has 0 unspecified atom stereocenters. The predicted molar refractivity (Wildman–Crippen MR) is 64.0 cm³/mol. The number of aryl methyl sites for hydroxylation is 1. The molecule has 0 aliphatic carbocycles. The number of aliphatic hydroxyl groups is 1. The summed E-state index contributed by atoms with van der Waals surface area (Å²) < 4.78 is 1.94. The molecule has 0 bridgehead atoms. The molecule has 3 nitrogen and oxygen atoms in total. The normalized spacial score (nSPS) is 10.8. The number of aromatic nitrogens is 2. The molecule has 0 saturated heterocycles. The van der Waals surface area contributed by atoms with Crippen LogP contribution >= 0.6 is 11.6 Å². The first-order valence-corrected chi connectivity index (χ1v) is 5.42. The molecule has 84 valence electrons. The second-order valence-electron chi connectivity index (χ2n) is 3.68. The van der Waals surface area contributed by atoms with Crippen LogP contribution in [-0.2, 0) is 6.61 Å². The number of rotatable bonds is 2. The smallest absolute Gasteiger partial charge is 0.0997 e. The van der Waals surface area contributed by atoms with E-state index in [0.29, 0.717) is 5.02 Å². The van der Waals surface area contributed by atoms with Crippen LogP contribution < -0.4 is 0 Å². The number of benzene rings is 1. The van der Waals surface area contributed by atoms with Crippen molar-refractivity contribution < 1.29 is 5.11 Å². The summed E-state index contributed by atoms with van der Waals surface area (Å²) in [6, 6.07) is 5.56. The molecular weight excluding hydrogens is 224 g/mol. The Kier molecular flexibility index (Phi) is 2.99. The zero-order valence-corrected chi connectivity index (χ0v) is 9.99. The monoisotopic (exact) mass is 236 g/mol. The highest BCUT2D eigenvalue weighted by molar-refractivity contribution is 6.31. The van der Waals surface area contributed by atoms with E-state index in [1.165, 1.54) is 0 Å². The Morgan fingerprint density at radius 3 is 2.69 bits per heavy atom. The van der Waals surface area contributed by atoms with Gasteiger partial charge in [0.1, 0.15) is 0 Å². The molecule has 1 N–H and O–H groups in total. The third-order valence-corrected chi connectivity index (χ3v) is 3.12. The number of aliphatic hydroxyl groups excluding tert-OH is 1. The Morgan fingerprint density at radius 2 is 2.12 bits per heavy atom. The van der Waals surface area contributed by atoms with Gasteiger partial charge in [0.25, 0.3) is 0 Å². The lowest BCUT2D eigenvalue weighted by Crippen LogP contribution is -2.01. The van der Waals surface area contributed by atoms with E-state index in [4.69, 9.17) is 11.6 Å². The maximum atomic E-state index is 9.34. The molecular formula is C12H13ClN2O. The van der Waals surface area contributed by atoms with Gasteiger partial charge in [-0.15, -0.1) is 0 Å². The van der Waals surface area contributed by atoms with Gasteiger partial charge in [-0.3, -0.25) is 0 Å². The third kappa shape index (κ3) is 1.72. The standard InChI is InChI=1S/C12H13ClN2O/c1-8-9(2)15(7-14-8)12-5-3-4-11(13)10(12)6-16/h3-5,7,16H,6H2,1-2H3. The largest absolute Gasteiger partial charge is 0.392 e. The summed E-state index contributed by atoms with van der Waals surface area (Å²) in [5.74, 6) is 0. The van der Waals surface area contributed by atoms with Gasteiger partial charge < -0.3 is 9.67 Å². The van der Waals surface area contributed by atoms with E-state index in [-0.39, 0.29) is 6.61 Å². The Hall–Kier alpha value is -1.32. The van der Waals surface area contributed by atoms with Crippen molar-refractivity contribution in [3.05, 3.63) is 46.5 Å². The van der Waals surface area contributed by atoms with E-state index in [9.17, 15) is 5.11 Å². The van der Waals surface area contributed by atoms with Crippen molar-refractivity contribution in [2.75, 3.05) is 0 Å². The van der Waals surface area contributed by atoms with Crippen molar-refractivity contribution in [2.45, 2.75) is 20.5 Å². The summed E-state index contributed by atoms with van der Waals surface area (Å²) in [4.78, 5) is 4.24. The minimum Gasteiger partial charge on any atom is -0.392 e. The van der Waals surface area contributed by atoms with Crippen molar-refractivity contribution >= 4 is 11.6 Å². The average Bonchev–Trinajstić information content (AvgIpc) is 2.59. The molecule has 0 aliphatic heterocycles. The van der Waals surface area contributed by atoms with Crippen LogP contribution in [0.4, 0.5) is 0 Å². The van der Waals surface area contributed by atoms with E-state index < -0.39 is 0 Å². The van der Waals surface area contributed by atoms with Crippen LogP contribution in [0.3, 0.4) is 0 Å². The molecule has 0 saturated carbocycles. The molecule has 0 atom stereocenters. The van der Waals surface area contributed by atoms with Crippen LogP contribution in [0.5, 0.6) is 0 Å². The number of halogens is 1. The van der Waals surface area contributed by atoms with Gasteiger partial charge in [0.05, 0.1) is 24.3 Å². The molecule has 0 spiro atoms. The van der Waals surface area contributed by atoms with Crippen molar-refractivity contribution in [1.82, 2.24) is 9.55 Å². The predicted octanol–water partition coefficient (Wildman–Crippen LogP) is 2.63. The molecule has 0 aliphatic rings. The van der Waals surface area contributed by atoms with E-state index >= 15 is 0 Å². The molecule has 16 heavy (non-hydrogen) atoms. The Bertz CT molecular complexity index is 520. The molecule has 4 heteroatoms. The van der Waals surface area contributed by atoms with Crippen LogP contribution in [0, 0.1) is 13.8 Å². The highest BCUT2D eigenvalue weighted by Crippen LogP contribution is 2.24. The van der Waals surface area contributed by atoms with Crippen molar-refractivity contribution in [1.29, 1.82) is 0 Å². The second kappa shape index (κ2) is 4.28. The summed E-state index contributed by atoms with van der Waals surface area (Å²) in [5, 5.41) is 9.91. The Morgan fingerprint density at radius 1 is 1.38 bits per heavy atom. The van der Waals surface area contributed by atoms with Crippen LogP contribution in [0.2, 0.25) is 5.02 Å². The van der Waals surface area contributed by atoms with Gasteiger partial charge in [-0.25, -0.2) is 4.98 Å². The van der Waals surface area contributed by atoms with Gasteiger partial charge >= 0.3 is 0 Å². The molecule has 2 rings (SSSR count). The van der Waals surface area contributed by atoms with Crippen molar-refractivity contribution in [3.8, 4) is 5.69 Å². The SMILES string of the molecule is Cc1ncn(-c2cccc(Cl)c2CO)c1C. The quantitative estimate of drug-likeness (QED) is 0.871. The molecule has 2 aromatic rings. The van der Waals surface area contributed by atoms with Crippen LogP contribution in [-0.4, -0.2) is 14.7 Å². The van der Waals surface area contributed by atoms with E-state index in [2.05, 4.69) is 4.98 Å². The van der Waals surface area contributed by atoms with E-state index in [1.54, 1.807) is 12.4 Å². The van der Waals surface area contributed by atoms with Crippen LogP contribution in [0.1, 0.15) is 17.0 Å². The number of hydrogen-bond acceptors (Lipinski definition) is 2. The first-order valence-electron chi connectivity index (χ1n) is 5.04. The first kappa shape index (κ1) is 11.2. The van der Waals surface area contributed by atoms with Crippen molar-refractivity contribution in [2.24, 2.45) is 0 Å². The van der Waals surface area contributed by atoms with E-state index in [1.807, 2.05) is 30.5 Å². The van der Waals surface area contributed by atoms with Gasteiger partial charge in [-0.1, -0.05) is 17.7 Å².